The van der Waals surface area contributed by atoms with Crippen molar-refractivity contribution in [3.05, 3.63) is 30.1 Å². The van der Waals surface area contributed by atoms with Crippen LogP contribution in [0.2, 0.25) is 0 Å². The van der Waals surface area contributed by atoms with Crippen LogP contribution in [0.3, 0.4) is 0 Å². The Hall–Kier alpha value is -1.05. The molecule has 0 bridgehead atoms. The van der Waals surface area contributed by atoms with Gasteiger partial charge in [0.05, 0.1) is 0 Å². The molecule has 0 unspecified atom stereocenters. The highest BCUT2D eigenvalue weighted by atomic mass is 16.5. The minimum absolute atomic E-state index is 0.575. The summed E-state index contributed by atoms with van der Waals surface area (Å²) in [5.74, 6) is 1.40. The molecule has 1 fully saturated rings. The molecule has 1 aromatic heterocycles. The first kappa shape index (κ1) is 7.59. The summed E-state index contributed by atoms with van der Waals surface area (Å²) in [7, 11) is 0. The Morgan fingerprint density at radius 3 is 2.75 bits per heavy atom. The van der Waals surface area contributed by atoms with E-state index in [0.717, 1.165) is 11.6 Å². The van der Waals surface area contributed by atoms with E-state index in [1.165, 1.54) is 17.6 Å². The van der Waals surface area contributed by atoms with Crippen LogP contribution in [0, 0.1) is 5.92 Å². The van der Waals surface area contributed by atoms with Gasteiger partial charge in [0.2, 0.25) is 11.9 Å². The average Bonchev–Trinajstić information content (AvgIpc) is 2.01. The number of nitrogens with zero attached hydrogens (tertiary/aromatic N) is 1. The maximum absolute atomic E-state index is 9.45. The summed E-state index contributed by atoms with van der Waals surface area (Å²) in [6.07, 6.45) is 4.12. The molecule has 1 saturated carbocycles. The van der Waals surface area contributed by atoms with Crippen LogP contribution in [-0.4, -0.2) is 5.21 Å². The van der Waals surface area contributed by atoms with Gasteiger partial charge >= 0.3 is 0 Å². The molecule has 0 spiro atoms. The molecule has 1 heterocycles. The molecule has 12 heavy (non-hydrogen) atoms. The number of hydrogen-bond donors (Lipinski definition) is 1. The summed E-state index contributed by atoms with van der Waals surface area (Å²) in [5.41, 5.74) is 1.05. The number of aromatic nitrogens is 1. The van der Waals surface area contributed by atoms with Gasteiger partial charge in [-0.1, -0.05) is 6.92 Å². The Balaban J connectivity index is 2.18. The van der Waals surface area contributed by atoms with Crippen molar-refractivity contribution in [1.29, 1.82) is 0 Å². The lowest BCUT2D eigenvalue weighted by atomic mass is 9.74. The van der Waals surface area contributed by atoms with E-state index < -0.39 is 0 Å². The molecule has 2 heteroatoms. The first-order chi connectivity index (χ1) is 5.77. The van der Waals surface area contributed by atoms with Crippen LogP contribution in [0.1, 0.15) is 31.4 Å². The third kappa shape index (κ3) is 1.17. The molecule has 1 aliphatic carbocycles. The van der Waals surface area contributed by atoms with E-state index in [4.69, 9.17) is 0 Å². The van der Waals surface area contributed by atoms with E-state index >= 15 is 0 Å². The van der Waals surface area contributed by atoms with Gasteiger partial charge < -0.3 is 0 Å². The van der Waals surface area contributed by atoms with Crippen molar-refractivity contribution in [2.45, 2.75) is 25.7 Å². The van der Waals surface area contributed by atoms with Gasteiger partial charge in [0, 0.05) is 22.8 Å². The lowest BCUT2D eigenvalue weighted by Gasteiger charge is -2.29. The first-order valence-electron chi connectivity index (χ1n) is 4.47. The Bertz CT molecular complexity index is 279. The van der Waals surface area contributed by atoms with Gasteiger partial charge in [0.25, 0.3) is 0 Å². The summed E-state index contributed by atoms with van der Waals surface area (Å²) in [5, 5.41) is 9.45. The van der Waals surface area contributed by atoms with Crippen molar-refractivity contribution in [2.24, 2.45) is 5.92 Å². The van der Waals surface area contributed by atoms with E-state index in [2.05, 4.69) is 6.92 Å². The van der Waals surface area contributed by atoms with Crippen molar-refractivity contribution in [2.75, 3.05) is 0 Å². The van der Waals surface area contributed by atoms with E-state index in [1.54, 1.807) is 6.20 Å². The minimum Gasteiger partial charge on any atom is -0.285 e. The fraction of sp³-hybridized carbons (Fsp3) is 0.500. The largest absolute Gasteiger partial charge is 0.285 e. The van der Waals surface area contributed by atoms with Gasteiger partial charge in [-0.2, -0.15) is 0 Å². The van der Waals surface area contributed by atoms with Crippen LogP contribution in [-0.2, 0) is 0 Å². The van der Waals surface area contributed by atoms with Crippen LogP contribution in [0.15, 0.2) is 24.4 Å². The van der Waals surface area contributed by atoms with Gasteiger partial charge in [-0.15, -0.1) is 0 Å². The van der Waals surface area contributed by atoms with Crippen molar-refractivity contribution in [3.8, 4) is 0 Å². The summed E-state index contributed by atoms with van der Waals surface area (Å²) in [6.45, 7) is 2.25. The van der Waals surface area contributed by atoms with Gasteiger partial charge in [0.15, 0.2) is 0 Å². The normalized spacial score (nSPS) is 28.1. The highest BCUT2D eigenvalue weighted by Gasteiger charge is 2.33. The highest BCUT2D eigenvalue weighted by molar-refractivity contribution is 5.07. The molecule has 0 aromatic carbocycles. The van der Waals surface area contributed by atoms with E-state index in [0.29, 0.717) is 5.92 Å². The van der Waals surface area contributed by atoms with Crippen molar-refractivity contribution in [3.63, 3.8) is 0 Å². The molecule has 1 aromatic rings. The smallest absolute Gasteiger partial charge is 0.237 e. The molecule has 0 amide bonds. The Morgan fingerprint density at radius 1 is 1.42 bits per heavy atom. The standard InChI is InChI=1S/C10H14NO/c1-8-6-9(7-8)10-4-2-3-5-11(10)12/h2-5,8-9,12H,6-7H2,1H3/q+1. The van der Waals surface area contributed by atoms with E-state index in [-0.39, 0.29) is 0 Å². The van der Waals surface area contributed by atoms with E-state index in [9.17, 15) is 5.21 Å². The predicted octanol–water partition coefficient (Wildman–Crippen LogP) is 1.72. The Labute approximate surface area is 72.4 Å². The van der Waals surface area contributed by atoms with Crippen LogP contribution >= 0.6 is 0 Å². The molecule has 2 rings (SSSR count). The lowest BCUT2D eigenvalue weighted by molar-refractivity contribution is -0.910. The summed E-state index contributed by atoms with van der Waals surface area (Å²) < 4.78 is 1.25. The van der Waals surface area contributed by atoms with Gasteiger partial charge in [-0.05, 0) is 24.8 Å². The highest BCUT2D eigenvalue weighted by Crippen LogP contribution is 2.39. The number of rotatable bonds is 1. The van der Waals surface area contributed by atoms with Crippen LogP contribution < -0.4 is 4.73 Å². The molecular formula is C10H14NO+. The maximum atomic E-state index is 9.45. The summed E-state index contributed by atoms with van der Waals surface area (Å²) in [4.78, 5) is 0. The fourth-order valence-electron chi connectivity index (χ4n) is 1.91. The van der Waals surface area contributed by atoms with Crippen LogP contribution in [0.4, 0.5) is 0 Å². The zero-order valence-corrected chi connectivity index (χ0v) is 7.27. The molecule has 0 radical (unpaired) electrons. The predicted molar refractivity (Wildman–Crippen MR) is 45.0 cm³/mol. The molecule has 1 aliphatic rings. The quantitative estimate of drug-likeness (QED) is 0.496. The third-order valence-electron chi connectivity index (χ3n) is 2.66. The molecule has 0 saturated heterocycles. The van der Waals surface area contributed by atoms with Gasteiger partial charge in [0.1, 0.15) is 0 Å². The fourth-order valence-corrected chi connectivity index (χ4v) is 1.91. The summed E-state index contributed by atoms with van der Waals surface area (Å²) >= 11 is 0. The Morgan fingerprint density at radius 2 is 2.17 bits per heavy atom. The minimum atomic E-state index is 0.575. The zero-order valence-electron chi connectivity index (χ0n) is 7.27. The molecule has 2 nitrogen and oxygen atoms in total. The monoisotopic (exact) mass is 164 g/mol. The Kier molecular flexibility index (Phi) is 1.75. The summed E-state index contributed by atoms with van der Waals surface area (Å²) in [6, 6.07) is 5.81. The third-order valence-corrected chi connectivity index (χ3v) is 2.66. The molecule has 0 aliphatic heterocycles. The zero-order chi connectivity index (χ0) is 8.55. The SMILES string of the molecule is CC1CC(c2cccc[n+]2O)C1. The molecule has 1 N–H and O–H groups in total. The number of hydrogen-bond acceptors (Lipinski definition) is 1. The number of pyridine rings is 1. The average molecular weight is 164 g/mol. The molecule has 0 atom stereocenters. The van der Waals surface area contributed by atoms with Crippen LogP contribution in [0.5, 0.6) is 0 Å². The topological polar surface area (TPSA) is 24.1 Å². The van der Waals surface area contributed by atoms with E-state index in [1.807, 2.05) is 18.2 Å². The molecule has 64 valence electrons. The first-order valence-corrected chi connectivity index (χ1v) is 4.47. The second kappa shape index (κ2) is 2.77. The van der Waals surface area contributed by atoms with Gasteiger partial charge in [-0.25, -0.2) is 0 Å². The van der Waals surface area contributed by atoms with Crippen molar-refractivity contribution < 1.29 is 9.94 Å². The van der Waals surface area contributed by atoms with Gasteiger partial charge in [-0.3, -0.25) is 5.21 Å². The second-order valence-corrected chi connectivity index (χ2v) is 3.74. The van der Waals surface area contributed by atoms with Crippen molar-refractivity contribution in [1.82, 2.24) is 0 Å². The lowest BCUT2D eigenvalue weighted by Crippen LogP contribution is -2.39. The van der Waals surface area contributed by atoms with Crippen LogP contribution in [0.25, 0.3) is 0 Å². The maximum Gasteiger partial charge on any atom is 0.237 e. The molecular weight excluding hydrogens is 150 g/mol. The second-order valence-electron chi connectivity index (χ2n) is 3.74. The van der Waals surface area contributed by atoms with Crippen molar-refractivity contribution >= 4 is 0 Å².